The lowest BCUT2D eigenvalue weighted by Crippen LogP contribution is -2.54. The number of carbonyl (C=O) groups excluding carboxylic acids is 1. The molecule has 0 saturated carbocycles. The Kier molecular flexibility index (Phi) is 4.28. The van der Waals surface area contributed by atoms with Crippen LogP contribution in [0.5, 0.6) is 5.75 Å². The molecular formula is C15H21FN2O2. The second kappa shape index (κ2) is 5.79. The van der Waals surface area contributed by atoms with Crippen LogP contribution in [0.4, 0.5) is 4.39 Å². The number of carbonyl (C=O) groups is 1. The van der Waals surface area contributed by atoms with Gasteiger partial charge in [0, 0.05) is 18.2 Å². The first-order valence-corrected chi connectivity index (χ1v) is 6.79. The summed E-state index contributed by atoms with van der Waals surface area (Å²) in [6.45, 7) is 5.96. The number of piperidine rings is 1. The molecule has 1 fully saturated rings. The first-order chi connectivity index (χ1) is 9.44. The molecule has 2 N–H and O–H groups in total. The summed E-state index contributed by atoms with van der Waals surface area (Å²) in [7, 11) is 1.40. The third-order valence-corrected chi connectivity index (χ3v) is 3.85. The van der Waals surface area contributed by atoms with E-state index in [9.17, 15) is 9.18 Å². The van der Waals surface area contributed by atoms with Crippen molar-refractivity contribution in [2.75, 3.05) is 20.2 Å². The first kappa shape index (κ1) is 14.8. The van der Waals surface area contributed by atoms with Gasteiger partial charge in [0.05, 0.1) is 7.11 Å². The van der Waals surface area contributed by atoms with Crippen LogP contribution in [0.2, 0.25) is 0 Å². The van der Waals surface area contributed by atoms with Crippen LogP contribution in [0.3, 0.4) is 0 Å². The second-order valence-electron chi connectivity index (χ2n) is 5.83. The fraction of sp³-hybridized carbons (Fsp3) is 0.533. The van der Waals surface area contributed by atoms with Crippen LogP contribution in [0.1, 0.15) is 30.6 Å². The molecule has 1 saturated heterocycles. The third kappa shape index (κ3) is 3.10. The van der Waals surface area contributed by atoms with Crippen molar-refractivity contribution in [1.29, 1.82) is 0 Å². The Bertz CT molecular complexity index is 503. The van der Waals surface area contributed by atoms with Crippen molar-refractivity contribution in [3.63, 3.8) is 0 Å². The number of hydrogen-bond donors (Lipinski definition) is 2. The van der Waals surface area contributed by atoms with E-state index in [2.05, 4.69) is 24.5 Å². The Labute approximate surface area is 118 Å². The van der Waals surface area contributed by atoms with Gasteiger partial charge in [0.15, 0.2) is 11.6 Å². The van der Waals surface area contributed by atoms with E-state index in [0.29, 0.717) is 5.56 Å². The van der Waals surface area contributed by atoms with Crippen molar-refractivity contribution in [3.8, 4) is 5.75 Å². The topological polar surface area (TPSA) is 50.4 Å². The standard InChI is InChI=1S/C15H21FN2O2/c1-15(2)9-17-7-6-13(15)18-14(19)10-4-5-12(20-3)11(16)8-10/h4-5,8,13,17H,6-7,9H2,1-3H3,(H,18,19). The molecule has 1 amide bonds. The Morgan fingerprint density at radius 1 is 1.50 bits per heavy atom. The van der Waals surface area contributed by atoms with E-state index >= 15 is 0 Å². The summed E-state index contributed by atoms with van der Waals surface area (Å²) in [6.07, 6.45) is 0.872. The van der Waals surface area contributed by atoms with Gasteiger partial charge in [-0.25, -0.2) is 4.39 Å². The largest absolute Gasteiger partial charge is 0.494 e. The zero-order valence-electron chi connectivity index (χ0n) is 12.1. The van der Waals surface area contributed by atoms with E-state index in [1.807, 2.05) is 0 Å². The number of hydrogen-bond acceptors (Lipinski definition) is 3. The highest BCUT2D eigenvalue weighted by molar-refractivity contribution is 5.94. The molecular weight excluding hydrogens is 259 g/mol. The minimum atomic E-state index is -0.523. The number of halogens is 1. The molecule has 0 bridgehead atoms. The molecule has 1 aromatic rings. The summed E-state index contributed by atoms with van der Waals surface area (Å²) in [5.74, 6) is -0.625. The van der Waals surface area contributed by atoms with Gasteiger partial charge in [-0.05, 0) is 36.6 Å². The van der Waals surface area contributed by atoms with E-state index in [4.69, 9.17) is 4.74 Å². The van der Waals surface area contributed by atoms with Crippen molar-refractivity contribution in [2.45, 2.75) is 26.3 Å². The van der Waals surface area contributed by atoms with E-state index in [-0.39, 0.29) is 23.1 Å². The monoisotopic (exact) mass is 280 g/mol. The average molecular weight is 280 g/mol. The predicted molar refractivity (Wildman–Crippen MR) is 75.5 cm³/mol. The van der Waals surface area contributed by atoms with Crippen molar-refractivity contribution < 1.29 is 13.9 Å². The molecule has 1 atom stereocenters. The van der Waals surface area contributed by atoms with Crippen LogP contribution < -0.4 is 15.4 Å². The SMILES string of the molecule is COc1ccc(C(=O)NC2CCNCC2(C)C)cc1F. The molecule has 4 nitrogen and oxygen atoms in total. The molecule has 1 aliphatic heterocycles. The molecule has 2 rings (SSSR count). The molecule has 5 heteroatoms. The van der Waals surface area contributed by atoms with Crippen molar-refractivity contribution in [2.24, 2.45) is 5.41 Å². The van der Waals surface area contributed by atoms with Gasteiger partial charge >= 0.3 is 0 Å². The maximum Gasteiger partial charge on any atom is 0.251 e. The van der Waals surface area contributed by atoms with Gasteiger partial charge in [-0.3, -0.25) is 4.79 Å². The Morgan fingerprint density at radius 2 is 2.25 bits per heavy atom. The minimum Gasteiger partial charge on any atom is -0.494 e. The maximum atomic E-state index is 13.6. The van der Waals surface area contributed by atoms with Crippen LogP contribution in [0, 0.1) is 11.2 Å². The number of benzene rings is 1. The quantitative estimate of drug-likeness (QED) is 0.890. The summed E-state index contributed by atoms with van der Waals surface area (Å²) in [5.41, 5.74) is 0.302. The third-order valence-electron chi connectivity index (χ3n) is 3.85. The summed E-state index contributed by atoms with van der Waals surface area (Å²) >= 11 is 0. The summed E-state index contributed by atoms with van der Waals surface area (Å²) in [4.78, 5) is 12.2. The van der Waals surface area contributed by atoms with Crippen molar-refractivity contribution in [1.82, 2.24) is 10.6 Å². The molecule has 1 aliphatic rings. The zero-order chi connectivity index (χ0) is 14.8. The fourth-order valence-electron chi connectivity index (χ4n) is 2.49. The normalized spacial score (nSPS) is 21.3. The molecule has 0 spiro atoms. The number of methoxy groups -OCH3 is 1. The molecule has 1 heterocycles. The van der Waals surface area contributed by atoms with Crippen LogP contribution in [0.15, 0.2) is 18.2 Å². The number of amides is 1. The van der Waals surface area contributed by atoms with E-state index in [0.717, 1.165) is 19.5 Å². The molecule has 1 unspecified atom stereocenters. The lowest BCUT2D eigenvalue weighted by molar-refractivity contribution is 0.0868. The number of rotatable bonds is 3. The van der Waals surface area contributed by atoms with Crippen molar-refractivity contribution >= 4 is 5.91 Å². The maximum absolute atomic E-state index is 13.6. The van der Waals surface area contributed by atoms with Gasteiger partial charge < -0.3 is 15.4 Å². The number of ether oxygens (including phenoxy) is 1. The summed E-state index contributed by atoms with van der Waals surface area (Å²) in [6, 6.07) is 4.34. The van der Waals surface area contributed by atoms with Crippen LogP contribution >= 0.6 is 0 Å². The van der Waals surface area contributed by atoms with Gasteiger partial charge in [0.25, 0.3) is 5.91 Å². The van der Waals surface area contributed by atoms with Gasteiger partial charge in [-0.2, -0.15) is 0 Å². The molecule has 0 aromatic heterocycles. The predicted octanol–water partition coefficient (Wildman–Crippen LogP) is 1.95. The number of nitrogens with one attached hydrogen (secondary N) is 2. The smallest absolute Gasteiger partial charge is 0.251 e. The molecule has 0 radical (unpaired) electrons. The van der Waals surface area contributed by atoms with Gasteiger partial charge in [0.1, 0.15) is 0 Å². The summed E-state index contributed by atoms with van der Waals surface area (Å²) in [5, 5.41) is 6.32. The summed E-state index contributed by atoms with van der Waals surface area (Å²) < 4.78 is 18.5. The highest BCUT2D eigenvalue weighted by Gasteiger charge is 2.33. The van der Waals surface area contributed by atoms with Gasteiger partial charge in [0.2, 0.25) is 0 Å². The van der Waals surface area contributed by atoms with E-state index in [1.165, 1.54) is 19.2 Å². The van der Waals surface area contributed by atoms with Gasteiger partial charge in [-0.1, -0.05) is 13.8 Å². The Hall–Kier alpha value is -1.62. The average Bonchev–Trinajstić information content (AvgIpc) is 2.41. The highest BCUT2D eigenvalue weighted by Crippen LogP contribution is 2.25. The Balaban J connectivity index is 2.10. The second-order valence-corrected chi connectivity index (χ2v) is 5.83. The molecule has 0 aliphatic carbocycles. The zero-order valence-corrected chi connectivity index (χ0v) is 12.1. The van der Waals surface area contributed by atoms with Crippen molar-refractivity contribution in [3.05, 3.63) is 29.6 Å². The van der Waals surface area contributed by atoms with E-state index < -0.39 is 5.82 Å². The highest BCUT2D eigenvalue weighted by atomic mass is 19.1. The van der Waals surface area contributed by atoms with Crippen LogP contribution in [0.25, 0.3) is 0 Å². The first-order valence-electron chi connectivity index (χ1n) is 6.79. The molecule has 1 aromatic carbocycles. The minimum absolute atomic E-state index is 0.0150. The lowest BCUT2D eigenvalue weighted by atomic mass is 9.80. The molecule has 110 valence electrons. The van der Waals surface area contributed by atoms with E-state index in [1.54, 1.807) is 6.07 Å². The fourth-order valence-corrected chi connectivity index (χ4v) is 2.49. The van der Waals surface area contributed by atoms with Crippen LogP contribution in [-0.2, 0) is 0 Å². The lowest BCUT2D eigenvalue weighted by Gasteiger charge is -2.39. The van der Waals surface area contributed by atoms with Crippen LogP contribution in [-0.4, -0.2) is 32.1 Å². The Morgan fingerprint density at radius 3 is 2.85 bits per heavy atom. The van der Waals surface area contributed by atoms with Gasteiger partial charge in [-0.15, -0.1) is 0 Å². The molecule has 20 heavy (non-hydrogen) atoms.